The molecule has 0 aromatic heterocycles. The molecule has 96 valence electrons. The van der Waals surface area contributed by atoms with Crippen LogP contribution in [0.3, 0.4) is 0 Å². The minimum atomic E-state index is -2.52. The summed E-state index contributed by atoms with van der Waals surface area (Å²) in [4.78, 5) is 0. The lowest BCUT2D eigenvalue weighted by Gasteiger charge is -2.26. The van der Waals surface area contributed by atoms with Crippen molar-refractivity contribution in [2.24, 2.45) is 0 Å². The Balaban J connectivity index is 4.88. The predicted molar refractivity (Wildman–Crippen MR) is 73.1 cm³/mol. The van der Waals surface area contributed by atoms with Crippen molar-refractivity contribution in [3.8, 4) is 0 Å². The molecule has 5 heteroatoms. The van der Waals surface area contributed by atoms with Gasteiger partial charge in [0.1, 0.15) is 0 Å². The first-order valence-corrected chi connectivity index (χ1v) is 10.4. The average molecular weight is 262 g/mol. The lowest BCUT2D eigenvalue weighted by molar-refractivity contribution is 0.138. The van der Waals surface area contributed by atoms with E-state index in [-0.39, 0.29) is 0 Å². The standard InChI is InChI=1S/C11H26O3Si2/c1-7-15(8-2,9-3)10-11-16(12-4,13-5)14-6/h10-11H,7-9H2,1-6H3. The minimum absolute atomic E-state index is 1.26. The summed E-state index contributed by atoms with van der Waals surface area (Å²) in [7, 11) is 1.16. The molecule has 0 bridgehead atoms. The SMILES string of the molecule is CC[Si](C=C[Si](OC)(OC)OC)(CC)CC. The summed E-state index contributed by atoms with van der Waals surface area (Å²) < 4.78 is 16.2. The summed E-state index contributed by atoms with van der Waals surface area (Å²) in [5.74, 6) is 0. The zero-order valence-electron chi connectivity index (χ0n) is 11.5. The highest BCUT2D eigenvalue weighted by Gasteiger charge is 2.36. The molecule has 0 saturated carbocycles. The third kappa shape index (κ3) is 3.82. The summed E-state index contributed by atoms with van der Waals surface area (Å²) in [5, 5.41) is 0. The van der Waals surface area contributed by atoms with Crippen molar-refractivity contribution in [2.75, 3.05) is 21.3 Å². The van der Waals surface area contributed by atoms with E-state index < -0.39 is 16.9 Å². The molecule has 0 N–H and O–H groups in total. The fourth-order valence-electron chi connectivity index (χ4n) is 1.84. The second-order valence-corrected chi connectivity index (χ2v) is 11.9. The summed E-state index contributed by atoms with van der Waals surface area (Å²) in [5.41, 5.74) is 4.42. The van der Waals surface area contributed by atoms with Crippen molar-refractivity contribution in [1.82, 2.24) is 0 Å². The van der Waals surface area contributed by atoms with Crippen molar-refractivity contribution < 1.29 is 13.3 Å². The second kappa shape index (κ2) is 7.39. The van der Waals surface area contributed by atoms with Gasteiger partial charge in [0.15, 0.2) is 0 Å². The van der Waals surface area contributed by atoms with Gasteiger partial charge in [-0.25, -0.2) is 0 Å². The zero-order chi connectivity index (χ0) is 12.7. The van der Waals surface area contributed by atoms with E-state index in [1.165, 1.54) is 18.1 Å². The van der Waals surface area contributed by atoms with Crippen LogP contribution in [-0.4, -0.2) is 38.2 Å². The van der Waals surface area contributed by atoms with Gasteiger partial charge in [0.05, 0.1) is 8.07 Å². The Kier molecular flexibility index (Phi) is 7.42. The highest BCUT2D eigenvalue weighted by atomic mass is 28.4. The van der Waals surface area contributed by atoms with Crippen LogP contribution in [-0.2, 0) is 13.3 Å². The maximum atomic E-state index is 5.40. The molecule has 0 saturated heterocycles. The van der Waals surface area contributed by atoms with Crippen LogP contribution < -0.4 is 0 Å². The Labute approximate surface area is 102 Å². The van der Waals surface area contributed by atoms with Gasteiger partial charge in [0, 0.05) is 21.3 Å². The summed E-state index contributed by atoms with van der Waals surface area (Å²) in [6.45, 7) is 6.83. The van der Waals surface area contributed by atoms with E-state index in [0.717, 1.165) is 0 Å². The molecule has 0 aromatic rings. The van der Waals surface area contributed by atoms with Gasteiger partial charge in [-0.2, -0.15) is 0 Å². The summed E-state index contributed by atoms with van der Waals surface area (Å²) in [6.07, 6.45) is 0. The molecule has 0 heterocycles. The van der Waals surface area contributed by atoms with Gasteiger partial charge in [-0.1, -0.05) is 44.6 Å². The average Bonchev–Trinajstić information content (AvgIpc) is 2.37. The van der Waals surface area contributed by atoms with Crippen LogP contribution in [0.5, 0.6) is 0 Å². The van der Waals surface area contributed by atoms with Gasteiger partial charge in [-0.05, 0) is 5.70 Å². The number of hydrogen-bond acceptors (Lipinski definition) is 3. The Bertz CT molecular complexity index is 173. The van der Waals surface area contributed by atoms with E-state index in [1.54, 1.807) is 21.3 Å². The fourth-order valence-corrected chi connectivity index (χ4v) is 7.18. The van der Waals surface area contributed by atoms with Crippen LogP contribution in [0.4, 0.5) is 0 Å². The zero-order valence-corrected chi connectivity index (χ0v) is 13.5. The van der Waals surface area contributed by atoms with Crippen molar-refractivity contribution in [1.29, 1.82) is 0 Å². The van der Waals surface area contributed by atoms with Gasteiger partial charge in [-0.15, -0.1) is 0 Å². The van der Waals surface area contributed by atoms with Gasteiger partial charge in [0.2, 0.25) is 0 Å². The topological polar surface area (TPSA) is 27.7 Å². The van der Waals surface area contributed by atoms with Crippen molar-refractivity contribution >= 4 is 16.9 Å². The minimum Gasteiger partial charge on any atom is -0.374 e. The molecule has 0 atom stereocenters. The quantitative estimate of drug-likeness (QED) is 0.629. The van der Waals surface area contributed by atoms with Crippen molar-refractivity contribution in [3.63, 3.8) is 0 Å². The van der Waals surface area contributed by atoms with E-state index in [1.807, 2.05) is 0 Å². The van der Waals surface area contributed by atoms with Gasteiger partial charge < -0.3 is 13.3 Å². The fraction of sp³-hybridized carbons (Fsp3) is 0.818. The normalized spacial score (nSPS) is 13.6. The largest absolute Gasteiger partial charge is 0.528 e. The molecular weight excluding hydrogens is 236 g/mol. The number of rotatable bonds is 8. The summed E-state index contributed by atoms with van der Waals surface area (Å²) in [6, 6.07) is 3.79. The summed E-state index contributed by atoms with van der Waals surface area (Å²) >= 11 is 0. The molecular formula is C11H26O3Si2. The lowest BCUT2D eigenvalue weighted by Crippen LogP contribution is -2.42. The Morgan fingerprint density at radius 3 is 1.38 bits per heavy atom. The maximum Gasteiger partial charge on any atom is 0.528 e. The van der Waals surface area contributed by atoms with Crippen LogP contribution >= 0.6 is 0 Å². The van der Waals surface area contributed by atoms with Crippen LogP contribution in [0.15, 0.2) is 11.4 Å². The molecule has 0 amide bonds. The van der Waals surface area contributed by atoms with Crippen LogP contribution in [0, 0.1) is 0 Å². The van der Waals surface area contributed by atoms with E-state index in [0.29, 0.717) is 0 Å². The molecule has 0 aliphatic carbocycles. The number of hydrogen-bond donors (Lipinski definition) is 0. The van der Waals surface area contributed by atoms with E-state index in [9.17, 15) is 0 Å². The van der Waals surface area contributed by atoms with E-state index >= 15 is 0 Å². The third-order valence-corrected chi connectivity index (χ3v) is 11.3. The lowest BCUT2D eigenvalue weighted by atomic mass is 10.9. The molecule has 0 aliphatic rings. The Morgan fingerprint density at radius 1 is 0.750 bits per heavy atom. The van der Waals surface area contributed by atoms with Crippen molar-refractivity contribution in [3.05, 3.63) is 11.4 Å². The van der Waals surface area contributed by atoms with E-state index in [2.05, 4.69) is 32.2 Å². The molecule has 3 nitrogen and oxygen atoms in total. The van der Waals surface area contributed by atoms with Crippen LogP contribution in [0.25, 0.3) is 0 Å². The second-order valence-electron chi connectivity index (χ2n) is 3.97. The highest BCUT2D eigenvalue weighted by molar-refractivity contribution is 6.85. The Hall–Kier alpha value is 0.0538. The first-order chi connectivity index (χ1) is 7.57. The maximum absolute atomic E-state index is 5.40. The van der Waals surface area contributed by atoms with E-state index in [4.69, 9.17) is 13.3 Å². The van der Waals surface area contributed by atoms with Gasteiger partial charge in [0.25, 0.3) is 0 Å². The third-order valence-electron chi connectivity index (χ3n) is 3.61. The molecule has 0 aliphatic heterocycles. The Morgan fingerprint density at radius 2 is 1.12 bits per heavy atom. The monoisotopic (exact) mass is 262 g/mol. The highest BCUT2D eigenvalue weighted by Crippen LogP contribution is 2.23. The van der Waals surface area contributed by atoms with Gasteiger partial charge in [-0.3, -0.25) is 0 Å². The molecule has 0 unspecified atom stereocenters. The molecule has 0 radical (unpaired) electrons. The smallest absolute Gasteiger partial charge is 0.374 e. The van der Waals surface area contributed by atoms with Crippen LogP contribution in [0.2, 0.25) is 18.1 Å². The molecule has 0 spiro atoms. The molecule has 0 aromatic carbocycles. The molecule has 0 fully saturated rings. The molecule has 0 rings (SSSR count). The van der Waals surface area contributed by atoms with Gasteiger partial charge >= 0.3 is 8.80 Å². The molecule has 16 heavy (non-hydrogen) atoms. The van der Waals surface area contributed by atoms with Crippen LogP contribution in [0.1, 0.15) is 20.8 Å². The van der Waals surface area contributed by atoms with Crippen molar-refractivity contribution in [2.45, 2.75) is 38.9 Å². The predicted octanol–water partition coefficient (Wildman–Crippen LogP) is 3.01. The first-order valence-electron chi connectivity index (χ1n) is 5.93. The first kappa shape index (κ1) is 16.1.